The van der Waals surface area contributed by atoms with Gasteiger partial charge in [0.25, 0.3) is 5.91 Å². The van der Waals surface area contributed by atoms with Gasteiger partial charge < -0.3 is 15.1 Å². The Labute approximate surface area is 230 Å². The number of hydrogen-bond acceptors (Lipinski definition) is 5. The molecule has 0 saturated carbocycles. The van der Waals surface area contributed by atoms with Crippen molar-refractivity contribution in [3.05, 3.63) is 82.8 Å². The Hall–Kier alpha value is -3.71. The van der Waals surface area contributed by atoms with Gasteiger partial charge >= 0.3 is 6.18 Å². The number of benzene rings is 2. The van der Waals surface area contributed by atoms with Crippen molar-refractivity contribution >= 4 is 27.7 Å². The summed E-state index contributed by atoms with van der Waals surface area (Å²) in [4.78, 5) is 41.3. The molecule has 0 bridgehead atoms. The smallest absolute Gasteiger partial charge is 0.352 e. The standard InChI is InChI=1S/C27H29F3N4O5S/c1-2-40(38,39)32-14-20-11-23-16-33(17-25(36)34(23)15-20)26(37)21-7-3-18(4-8-21)12-24(35)31-13-19-5-9-22(10-6-19)27(28,29)30/h2-10,20,23,32H,1,11-17H2,(H,31,35)/t20-,23+/m1/s1. The quantitative estimate of drug-likeness (QED) is 0.474. The fraction of sp³-hybridized carbons (Fsp3) is 0.370. The van der Waals surface area contributed by atoms with Gasteiger partial charge in [-0.1, -0.05) is 30.8 Å². The van der Waals surface area contributed by atoms with Crippen LogP contribution < -0.4 is 10.0 Å². The molecule has 40 heavy (non-hydrogen) atoms. The van der Waals surface area contributed by atoms with Gasteiger partial charge in [-0.3, -0.25) is 14.4 Å². The molecule has 2 fully saturated rings. The van der Waals surface area contributed by atoms with Crippen LogP contribution in [0.25, 0.3) is 0 Å². The molecule has 0 radical (unpaired) electrons. The molecule has 2 atom stereocenters. The van der Waals surface area contributed by atoms with Crippen molar-refractivity contribution in [2.45, 2.75) is 31.6 Å². The van der Waals surface area contributed by atoms with Gasteiger partial charge in [0.15, 0.2) is 0 Å². The molecule has 4 rings (SSSR count). The van der Waals surface area contributed by atoms with E-state index >= 15 is 0 Å². The molecule has 9 nitrogen and oxygen atoms in total. The molecule has 0 spiro atoms. The van der Waals surface area contributed by atoms with Gasteiger partial charge in [-0.15, -0.1) is 0 Å². The minimum Gasteiger partial charge on any atom is -0.352 e. The summed E-state index contributed by atoms with van der Waals surface area (Å²) in [6.07, 6.45) is -3.84. The number of nitrogens with one attached hydrogen (secondary N) is 2. The fourth-order valence-corrected chi connectivity index (χ4v) is 5.45. The molecule has 2 aromatic carbocycles. The lowest BCUT2D eigenvalue weighted by molar-refractivity contribution is -0.138. The number of piperazine rings is 1. The second-order valence-electron chi connectivity index (χ2n) is 9.89. The molecule has 2 heterocycles. The SMILES string of the molecule is C=CS(=O)(=O)NC[C@H]1C[C@H]2CN(C(=O)c3ccc(CC(=O)NCc4ccc(C(F)(F)F)cc4)cc3)CC(=O)N2C1. The van der Waals surface area contributed by atoms with E-state index in [1.807, 2.05) is 0 Å². The lowest BCUT2D eigenvalue weighted by Crippen LogP contribution is -2.55. The predicted molar refractivity (Wildman–Crippen MR) is 140 cm³/mol. The maximum atomic E-state index is 13.1. The molecule has 0 unspecified atom stereocenters. The van der Waals surface area contributed by atoms with E-state index in [0.717, 1.165) is 17.5 Å². The largest absolute Gasteiger partial charge is 0.416 e. The molecule has 2 aliphatic heterocycles. The van der Waals surface area contributed by atoms with E-state index in [1.54, 1.807) is 29.2 Å². The number of nitrogens with zero attached hydrogens (tertiary/aromatic N) is 2. The van der Waals surface area contributed by atoms with E-state index in [2.05, 4.69) is 16.6 Å². The molecule has 2 aromatic rings. The summed E-state index contributed by atoms with van der Waals surface area (Å²) in [5.74, 6) is -0.905. The predicted octanol–water partition coefficient (Wildman–Crippen LogP) is 2.30. The first-order chi connectivity index (χ1) is 18.8. The van der Waals surface area contributed by atoms with Crippen molar-refractivity contribution in [3.8, 4) is 0 Å². The van der Waals surface area contributed by atoms with E-state index < -0.39 is 21.8 Å². The molecule has 2 saturated heterocycles. The second kappa shape index (κ2) is 11.8. The number of fused-ring (bicyclic) bond motifs is 1. The summed E-state index contributed by atoms with van der Waals surface area (Å²) in [7, 11) is -3.56. The highest BCUT2D eigenvalue weighted by atomic mass is 32.2. The van der Waals surface area contributed by atoms with Crippen LogP contribution in [0.4, 0.5) is 13.2 Å². The van der Waals surface area contributed by atoms with Crippen LogP contribution in [-0.2, 0) is 38.8 Å². The molecular formula is C27H29F3N4O5S. The lowest BCUT2D eigenvalue weighted by Gasteiger charge is -2.37. The Kier molecular flexibility index (Phi) is 8.64. The van der Waals surface area contributed by atoms with Gasteiger partial charge in [-0.25, -0.2) is 13.1 Å². The molecule has 0 aromatic heterocycles. The third-order valence-electron chi connectivity index (χ3n) is 7.00. The van der Waals surface area contributed by atoms with Crippen LogP contribution in [0.1, 0.15) is 33.5 Å². The summed E-state index contributed by atoms with van der Waals surface area (Å²) < 4.78 is 63.7. The molecular weight excluding hydrogens is 549 g/mol. The second-order valence-corrected chi connectivity index (χ2v) is 11.6. The van der Waals surface area contributed by atoms with Gasteiger partial charge in [-0.2, -0.15) is 13.2 Å². The van der Waals surface area contributed by atoms with E-state index in [-0.39, 0.29) is 55.7 Å². The number of halogens is 3. The Balaban J connectivity index is 1.27. The zero-order valence-corrected chi connectivity index (χ0v) is 22.3. The number of carbonyl (C=O) groups excluding carboxylic acids is 3. The third-order valence-corrected chi connectivity index (χ3v) is 8.00. The topological polar surface area (TPSA) is 116 Å². The first kappa shape index (κ1) is 29.3. The minimum atomic E-state index is -4.42. The molecule has 2 aliphatic rings. The minimum absolute atomic E-state index is 0.0192. The summed E-state index contributed by atoms with van der Waals surface area (Å²) >= 11 is 0. The van der Waals surface area contributed by atoms with E-state index in [1.165, 1.54) is 17.0 Å². The highest BCUT2D eigenvalue weighted by Gasteiger charge is 2.41. The van der Waals surface area contributed by atoms with E-state index in [4.69, 9.17) is 0 Å². The van der Waals surface area contributed by atoms with Crippen LogP contribution in [-0.4, -0.2) is 68.2 Å². The Morgan fingerprint density at radius 3 is 2.30 bits per heavy atom. The van der Waals surface area contributed by atoms with E-state index in [0.29, 0.717) is 36.2 Å². The van der Waals surface area contributed by atoms with Crippen molar-refractivity contribution in [2.24, 2.45) is 5.92 Å². The fourth-order valence-electron chi connectivity index (χ4n) is 4.87. The molecule has 13 heteroatoms. The number of rotatable bonds is 9. The molecule has 0 aliphatic carbocycles. The number of carbonyl (C=O) groups is 3. The normalized spacial score (nSPS) is 19.3. The number of amides is 3. The average Bonchev–Trinajstić information content (AvgIpc) is 3.34. The first-order valence-electron chi connectivity index (χ1n) is 12.6. The van der Waals surface area contributed by atoms with Crippen molar-refractivity contribution in [2.75, 3.05) is 26.2 Å². The molecule has 3 amide bonds. The number of alkyl halides is 3. The Morgan fingerprint density at radius 1 is 1.02 bits per heavy atom. The van der Waals surface area contributed by atoms with Gasteiger partial charge in [0, 0.05) is 43.2 Å². The summed E-state index contributed by atoms with van der Waals surface area (Å²) in [6.45, 7) is 4.20. The van der Waals surface area contributed by atoms with Gasteiger partial charge in [0.05, 0.1) is 12.0 Å². The van der Waals surface area contributed by atoms with Crippen molar-refractivity contribution in [1.82, 2.24) is 19.8 Å². The van der Waals surface area contributed by atoms with Crippen LogP contribution in [0.2, 0.25) is 0 Å². The average molecular weight is 579 g/mol. The van der Waals surface area contributed by atoms with Crippen molar-refractivity contribution in [3.63, 3.8) is 0 Å². The Bertz CT molecular complexity index is 1380. The first-order valence-corrected chi connectivity index (χ1v) is 14.1. The van der Waals surface area contributed by atoms with Gasteiger partial charge in [0.1, 0.15) is 6.54 Å². The lowest BCUT2D eigenvalue weighted by atomic mass is 10.0. The van der Waals surface area contributed by atoms with Crippen LogP contribution in [0, 0.1) is 5.92 Å². The van der Waals surface area contributed by atoms with Gasteiger partial charge in [-0.05, 0) is 47.7 Å². The van der Waals surface area contributed by atoms with E-state index in [9.17, 15) is 36.0 Å². The molecule has 2 N–H and O–H groups in total. The maximum Gasteiger partial charge on any atom is 0.416 e. The highest BCUT2D eigenvalue weighted by molar-refractivity contribution is 7.92. The van der Waals surface area contributed by atoms with Crippen molar-refractivity contribution in [1.29, 1.82) is 0 Å². The van der Waals surface area contributed by atoms with Crippen LogP contribution in [0.15, 0.2) is 60.5 Å². The zero-order chi connectivity index (χ0) is 29.1. The number of sulfonamides is 1. The third kappa shape index (κ3) is 7.27. The van der Waals surface area contributed by atoms with Crippen molar-refractivity contribution < 1.29 is 36.0 Å². The van der Waals surface area contributed by atoms with Crippen LogP contribution >= 0.6 is 0 Å². The summed E-state index contributed by atoms with van der Waals surface area (Å²) in [6, 6.07) is 10.8. The van der Waals surface area contributed by atoms with Crippen LogP contribution in [0.5, 0.6) is 0 Å². The Morgan fingerprint density at radius 2 is 1.68 bits per heavy atom. The summed E-state index contributed by atoms with van der Waals surface area (Å²) in [5.41, 5.74) is 0.778. The molecule has 214 valence electrons. The maximum absolute atomic E-state index is 13.1. The monoisotopic (exact) mass is 578 g/mol. The summed E-state index contributed by atoms with van der Waals surface area (Å²) in [5, 5.41) is 3.50. The van der Waals surface area contributed by atoms with Gasteiger partial charge in [0.2, 0.25) is 21.8 Å². The highest BCUT2D eigenvalue weighted by Crippen LogP contribution is 2.29. The van der Waals surface area contributed by atoms with Crippen LogP contribution in [0.3, 0.4) is 0 Å². The zero-order valence-electron chi connectivity index (χ0n) is 21.5. The number of hydrogen-bond donors (Lipinski definition) is 2.